The molecule has 0 radical (unpaired) electrons. The van der Waals surface area contributed by atoms with Gasteiger partial charge in [-0.25, -0.2) is 0 Å². The summed E-state index contributed by atoms with van der Waals surface area (Å²) in [5.41, 5.74) is 2.90. The van der Waals surface area contributed by atoms with E-state index in [-0.39, 0.29) is 0 Å². The molecule has 0 atom stereocenters. The topological polar surface area (TPSA) is 0 Å². The van der Waals surface area contributed by atoms with Gasteiger partial charge >= 0.3 is 0 Å². The molecule has 0 heterocycles. The Morgan fingerprint density at radius 2 is 2.09 bits per heavy atom. The summed E-state index contributed by atoms with van der Waals surface area (Å²) in [5, 5.41) is 0. The Bertz CT molecular complexity index is 211. The standard InChI is InChI=1S/C11H16/c1-9(2)11-6-4-5-10(3)7-8-11/h4-7,9H,8H2,1-3H3. The smallest absolute Gasteiger partial charge is 0.0127 e. The molecule has 0 N–H and O–H groups in total. The molecular weight excluding hydrogens is 132 g/mol. The van der Waals surface area contributed by atoms with E-state index in [9.17, 15) is 0 Å². The minimum Gasteiger partial charge on any atom is -0.0775 e. The highest BCUT2D eigenvalue weighted by Crippen LogP contribution is 2.18. The highest BCUT2D eigenvalue weighted by atomic mass is 14.1. The lowest BCUT2D eigenvalue weighted by atomic mass is 10.00. The summed E-state index contributed by atoms with van der Waals surface area (Å²) >= 11 is 0. The Morgan fingerprint density at radius 3 is 2.73 bits per heavy atom. The predicted octanol–water partition coefficient (Wildman–Crippen LogP) is 3.48. The molecule has 1 aliphatic rings. The molecule has 0 saturated heterocycles. The molecule has 0 aliphatic heterocycles. The van der Waals surface area contributed by atoms with E-state index in [4.69, 9.17) is 0 Å². The molecule has 0 unspecified atom stereocenters. The monoisotopic (exact) mass is 148 g/mol. The molecule has 0 aromatic rings. The molecule has 0 nitrogen and oxygen atoms in total. The fourth-order valence-electron chi connectivity index (χ4n) is 1.17. The molecule has 11 heavy (non-hydrogen) atoms. The Balaban J connectivity index is 2.73. The lowest BCUT2D eigenvalue weighted by Gasteiger charge is -2.06. The van der Waals surface area contributed by atoms with Gasteiger partial charge < -0.3 is 0 Å². The van der Waals surface area contributed by atoms with Crippen LogP contribution in [0.3, 0.4) is 0 Å². The van der Waals surface area contributed by atoms with Gasteiger partial charge in [0.1, 0.15) is 0 Å². The van der Waals surface area contributed by atoms with Gasteiger partial charge in [-0.1, -0.05) is 49.3 Å². The van der Waals surface area contributed by atoms with Crippen molar-refractivity contribution in [3.8, 4) is 0 Å². The molecule has 0 aromatic heterocycles. The zero-order chi connectivity index (χ0) is 8.27. The number of hydrogen-bond donors (Lipinski definition) is 0. The first-order valence-corrected chi connectivity index (χ1v) is 4.24. The van der Waals surface area contributed by atoms with Crippen LogP contribution < -0.4 is 0 Å². The molecule has 0 spiro atoms. The van der Waals surface area contributed by atoms with Crippen molar-refractivity contribution in [3.05, 3.63) is 35.5 Å². The normalized spacial score (nSPS) is 17.8. The van der Waals surface area contributed by atoms with E-state index in [0.29, 0.717) is 5.92 Å². The molecule has 0 heteroatoms. The SMILES string of the molecule is CC1=CCC(C(C)C)=CC=C1. The van der Waals surface area contributed by atoms with Crippen LogP contribution in [-0.2, 0) is 0 Å². The predicted molar refractivity (Wildman–Crippen MR) is 50.4 cm³/mol. The van der Waals surface area contributed by atoms with E-state index in [2.05, 4.69) is 45.1 Å². The van der Waals surface area contributed by atoms with E-state index >= 15 is 0 Å². The van der Waals surface area contributed by atoms with Crippen LogP contribution in [-0.4, -0.2) is 0 Å². The van der Waals surface area contributed by atoms with Crippen LogP contribution in [0.25, 0.3) is 0 Å². The maximum Gasteiger partial charge on any atom is -0.0127 e. The van der Waals surface area contributed by atoms with Crippen molar-refractivity contribution in [1.29, 1.82) is 0 Å². The van der Waals surface area contributed by atoms with Crippen molar-refractivity contribution in [2.45, 2.75) is 27.2 Å². The summed E-state index contributed by atoms with van der Waals surface area (Å²) < 4.78 is 0. The van der Waals surface area contributed by atoms with Crippen molar-refractivity contribution >= 4 is 0 Å². The van der Waals surface area contributed by atoms with Gasteiger partial charge in [0.2, 0.25) is 0 Å². The van der Waals surface area contributed by atoms with Crippen LogP contribution in [0.4, 0.5) is 0 Å². The summed E-state index contributed by atoms with van der Waals surface area (Å²) in [5.74, 6) is 0.682. The molecule has 1 rings (SSSR count). The average molecular weight is 148 g/mol. The number of rotatable bonds is 1. The maximum atomic E-state index is 2.29. The highest BCUT2D eigenvalue weighted by molar-refractivity contribution is 5.29. The van der Waals surface area contributed by atoms with E-state index in [1.54, 1.807) is 0 Å². The minimum absolute atomic E-state index is 0.682. The molecule has 1 aliphatic carbocycles. The highest BCUT2D eigenvalue weighted by Gasteiger charge is 2.01. The summed E-state index contributed by atoms with van der Waals surface area (Å²) in [7, 11) is 0. The van der Waals surface area contributed by atoms with Crippen LogP contribution in [0, 0.1) is 5.92 Å². The van der Waals surface area contributed by atoms with Gasteiger partial charge in [-0.3, -0.25) is 0 Å². The Hall–Kier alpha value is -0.780. The fraction of sp³-hybridized carbons (Fsp3) is 0.455. The van der Waals surface area contributed by atoms with Gasteiger partial charge in [-0.05, 0) is 19.3 Å². The first-order chi connectivity index (χ1) is 5.20. The Labute approximate surface area is 69.3 Å². The van der Waals surface area contributed by atoms with Crippen LogP contribution in [0.5, 0.6) is 0 Å². The second kappa shape index (κ2) is 3.56. The van der Waals surface area contributed by atoms with Crippen LogP contribution in [0.1, 0.15) is 27.2 Å². The molecule has 0 amide bonds. The molecule has 0 bridgehead atoms. The summed E-state index contributed by atoms with van der Waals surface area (Å²) in [6, 6.07) is 0. The van der Waals surface area contributed by atoms with Gasteiger partial charge in [0.15, 0.2) is 0 Å². The first-order valence-electron chi connectivity index (χ1n) is 4.24. The van der Waals surface area contributed by atoms with Crippen molar-refractivity contribution < 1.29 is 0 Å². The third kappa shape index (κ3) is 2.38. The lowest BCUT2D eigenvalue weighted by molar-refractivity contribution is 0.747. The van der Waals surface area contributed by atoms with E-state index in [1.807, 2.05) is 0 Å². The number of allylic oxidation sites excluding steroid dienone is 6. The van der Waals surface area contributed by atoms with Gasteiger partial charge in [0.25, 0.3) is 0 Å². The summed E-state index contributed by atoms with van der Waals surface area (Å²) in [4.78, 5) is 0. The largest absolute Gasteiger partial charge is 0.0775 e. The van der Waals surface area contributed by atoms with Crippen molar-refractivity contribution in [2.75, 3.05) is 0 Å². The Morgan fingerprint density at radius 1 is 1.36 bits per heavy atom. The second-order valence-electron chi connectivity index (χ2n) is 3.41. The third-order valence-corrected chi connectivity index (χ3v) is 2.07. The fourth-order valence-corrected chi connectivity index (χ4v) is 1.17. The lowest BCUT2D eigenvalue weighted by Crippen LogP contribution is -1.91. The molecule has 60 valence electrons. The summed E-state index contributed by atoms with van der Waals surface area (Å²) in [6.07, 6.45) is 9.95. The van der Waals surface area contributed by atoms with Crippen molar-refractivity contribution in [1.82, 2.24) is 0 Å². The van der Waals surface area contributed by atoms with Crippen LogP contribution in [0.15, 0.2) is 35.5 Å². The third-order valence-electron chi connectivity index (χ3n) is 2.07. The minimum atomic E-state index is 0.682. The zero-order valence-electron chi connectivity index (χ0n) is 7.59. The van der Waals surface area contributed by atoms with Gasteiger partial charge in [-0.2, -0.15) is 0 Å². The summed E-state index contributed by atoms with van der Waals surface area (Å²) in [6.45, 7) is 6.63. The zero-order valence-corrected chi connectivity index (χ0v) is 7.59. The number of hydrogen-bond acceptors (Lipinski definition) is 0. The van der Waals surface area contributed by atoms with Crippen LogP contribution in [0.2, 0.25) is 0 Å². The van der Waals surface area contributed by atoms with E-state index in [0.717, 1.165) is 6.42 Å². The van der Waals surface area contributed by atoms with Crippen molar-refractivity contribution in [3.63, 3.8) is 0 Å². The molecule has 0 fully saturated rings. The first kappa shape index (κ1) is 8.32. The van der Waals surface area contributed by atoms with Crippen molar-refractivity contribution in [2.24, 2.45) is 5.92 Å². The Kier molecular flexibility index (Phi) is 2.70. The van der Waals surface area contributed by atoms with Crippen LogP contribution >= 0.6 is 0 Å². The average Bonchev–Trinajstić information content (AvgIpc) is 2.13. The quantitative estimate of drug-likeness (QED) is 0.534. The van der Waals surface area contributed by atoms with Gasteiger partial charge in [0, 0.05) is 0 Å². The van der Waals surface area contributed by atoms with E-state index in [1.165, 1.54) is 11.1 Å². The van der Waals surface area contributed by atoms with Gasteiger partial charge in [0.05, 0.1) is 0 Å². The van der Waals surface area contributed by atoms with E-state index < -0.39 is 0 Å². The molecule has 0 saturated carbocycles. The maximum absolute atomic E-state index is 2.29. The molecular formula is C11H16. The molecule has 0 aromatic carbocycles. The van der Waals surface area contributed by atoms with Gasteiger partial charge in [-0.15, -0.1) is 0 Å². The second-order valence-corrected chi connectivity index (χ2v) is 3.41.